The summed E-state index contributed by atoms with van der Waals surface area (Å²) in [5.74, 6) is 0. The van der Waals surface area contributed by atoms with Gasteiger partial charge < -0.3 is 4.98 Å². The molecule has 7 nitrogen and oxygen atoms in total. The van der Waals surface area contributed by atoms with Gasteiger partial charge >= 0.3 is 5.69 Å². The smallest absolute Gasteiger partial charge is 0.304 e. The van der Waals surface area contributed by atoms with Crippen LogP contribution in [0, 0.1) is 0 Å². The van der Waals surface area contributed by atoms with Crippen LogP contribution >= 0.6 is 11.5 Å². The first-order valence-electron chi connectivity index (χ1n) is 7.18. The molecular weight excluding hydrogens is 326 g/mol. The average Bonchev–Trinajstić information content (AvgIpc) is 3.04. The predicted molar refractivity (Wildman–Crippen MR) is 91.1 cm³/mol. The third kappa shape index (κ3) is 2.42. The first-order chi connectivity index (χ1) is 11.7. The Labute approximate surface area is 139 Å². The van der Waals surface area contributed by atoms with Crippen molar-refractivity contribution in [3.8, 4) is 11.4 Å². The number of pyridine rings is 2. The largest absolute Gasteiger partial charge is 0.329 e. The van der Waals surface area contributed by atoms with E-state index in [2.05, 4.69) is 19.3 Å². The van der Waals surface area contributed by atoms with Gasteiger partial charge in [0, 0.05) is 12.4 Å². The van der Waals surface area contributed by atoms with Crippen LogP contribution in [-0.4, -0.2) is 23.9 Å². The molecule has 0 spiro atoms. The SMILES string of the molecule is O=c1[nH]c2c(-c3ccccn3)nsc2c(=O)n1Cc1ccccn1. The van der Waals surface area contributed by atoms with Crippen molar-refractivity contribution < 1.29 is 0 Å². The first-order valence-corrected chi connectivity index (χ1v) is 7.95. The molecule has 4 aromatic rings. The molecule has 1 N–H and O–H groups in total. The molecule has 0 fully saturated rings. The van der Waals surface area contributed by atoms with Crippen LogP contribution in [0.1, 0.15) is 5.69 Å². The third-order valence-corrected chi connectivity index (χ3v) is 4.40. The summed E-state index contributed by atoms with van der Waals surface area (Å²) in [4.78, 5) is 36.2. The van der Waals surface area contributed by atoms with Crippen molar-refractivity contribution in [1.29, 1.82) is 0 Å². The van der Waals surface area contributed by atoms with E-state index in [1.165, 1.54) is 0 Å². The Morgan fingerprint density at radius 3 is 2.54 bits per heavy atom. The number of nitrogens with one attached hydrogen (secondary N) is 1. The summed E-state index contributed by atoms with van der Waals surface area (Å²) in [7, 11) is 0. The summed E-state index contributed by atoms with van der Waals surface area (Å²) in [6, 6.07) is 10.8. The van der Waals surface area contributed by atoms with Gasteiger partial charge in [0.15, 0.2) is 0 Å². The molecule has 8 heteroatoms. The van der Waals surface area contributed by atoms with Gasteiger partial charge in [-0.1, -0.05) is 12.1 Å². The van der Waals surface area contributed by atoms with Crippen LogP contribution in [0.25, 0.3) is 21.6 Å². The Balaban J connectivity index is 1.88. The second kappa shape index (κ2) is 5.82. The van der Waals surface area contributed by atoms with Crippen LogP contribution in [0.4, 0.5) is 0 Å². The molecule has 0 aromatic carbocycles. The quantitative estimate of drug-likeness (QED) is 0.613. The first kappa shape index (κ1) is 14.5. The second-order valence-corrected chi connectivity index (χ2v) is 5.87. The molecule has 0 unspecified atom stereocenters. The van der Waals surface area contributed by atoms with Gasteiger partial charge in [0.05, 0.1) is 23.4 Å². The van der Waals surface area contributed by atoms with E-state index in [4.69, 9.17) is 0 Å². The summed E-state index contributed by atoms with van der Waals surface area (Å²) >= 11 is 1.05. The summed E-state index contributed by atoms with van der Waals surface area (Å²) < 4.78 is 5.82. The summed E-state index contributed by atoms with van der Waals surface area (Å²) in [6.45, 7) is 0.113. The Hall–Kier alpha value is -3.13. The molecule has 0 saturated carbocycles. The lowest BCUT2D eigenvalue weighted by Gasteiger charge is -2.04. The highest BCUT2D eigenvalue weighted by Gasteiger charge is 2.16. The Kier molecular flexibility index (Phi) is 3.51. The van der Waals surface area contributed by atoms with Crippen LogP contribution in [0.15, 0.2) is 58.4 Å². The highest BCUT2D eigenvalue weighted by molar-refractivity contribution is 7.13. The standard InChI is InChI=1S/C16H11N5O2S/c22-15-14-13(12(20-24-14)11-6-2-4-8-18-11)19-16(23)21(15)9-10-5-1-3-7-17-10/h1-8H,9H2,(H,19,23). The van der Waals surface area contributed by atoms with Crippen molar-refractivity contribution in [3.05, 3.63) is 75.3 Å². The topological polar surface area (TPSA) is 93.5 Å². The number of H-pyrrole nitrogens is 1. The van der Waals surface area contributed by atoms with Crippen molar-refractivity contribution in [3.63, 3.8) is 0 Å². The van der Waals surface area contributed by atoms with E-state index in [1.807, 2.05) is 12.1 Å². The second-order valence-electron chi connectivity index (χ2n) is 5.09. The molecule has 4 heterocycles. The van der Waals surface area contributed by atoms with Gasteiger partial charge in [-0.25, -0.2) is 4.79 Å². The molecule has 118 valence electrons. The van der Waals surface area contributed by atoms with Crippen molar-refractivity contribution in [2.45, 2.75) is 6.54 Å². The molecule has 0 atom stereocenters. The van der Waals surface area contributed by atoms with Gasteiger partial charge in [-0.05, 0) is 35.8 Å². The third-order valence-electron chi connectivity index (χ3n) is 3.56. The predicted octanol–water partition coefficient (Wildman–Crippen LogP) is 1.65. The molecule has 0 radical (unpaired) electrons. The summed E-state index contributed by atoms with van der Waals surface area (Å²) in [5, 5.41) is 0. The monoisotopic (exact) mass is 337 g/mol. The van der Waals surface area contributed by atoms with E-state index >= 15 is 0 Å². The zero-order valence-corrected chi connectivity index (χ0v) is 13.2. The van der Waals surface area contributed by atoms with Gasteiger partial charge in [-0.3, -0.25) is 19.3 Å². The number of fused-ring (bicyclic) bond motifs is 1. The highest BCUT2D eigenvalue weighted by Crippen LogP contribution is 2.24. The molecule has 0 aliphatic heterocycles. The number of nitrogens with zero attached hydrogens (tertiary/aromatic N) is 4. The average molecular weight is 337 g/mol. The maximum Gasteiger partial charge on any atom is 0.329 e. The van der Waals surface area contributed by atoms with Crippen molar-refractivity contribution >= 4 is 21.7 Å². The van der Waals surface area contributed by atoms with E-state index in [1.54, 1.807) is 36.7 Å². The van der Waals surface area contributed by atoms with E-state index in [0.29, 0.717) is 27.3 Å². The van der Waals surface area contributed by atoms with Crippen molar-refractivity contribution in [1.82, 2.24) is 23.9 Å². The van der Waals surface area contributed by atoms with Gasteiger partial charge in [0.2, 0.25) is 0 Å². The molecule has 4 rings (SSSR count). The van der Waals surface area contributed by atoms with Crippen LogP contribution in [-0.2, 0) is 6.54 Å². The summed E-state index contributed by atoms with van der Waals surface area (Å²) in [5.41, 5.74) is 1.32. The maximum absolute atomic E-state index is 12.7. The van der Waals surface area contributed by atoms with Crippen LogP contribution in [0.5, 0.6) is 0 Å². The number of aromatic nitrogens is 5. The Morgan fingerprint density at radius 2 is 1.83 bits per heavy atom. The minimum absolute atomic E-state index is 0.113. The van der Waals surface area contributed by atoms with E-state index in [9.17, 15) is 9.59 Å². The van der Waals surface area contributed by atoms with Gasteiger partial charge in [-0.15, -0.1) is 0 Å². The van der Waals surface area contributed by atoms with E-state index in [0.717, 1.165) is 16.1 Å². The fourth-order valence-corrected chi connectivity index (χ4v) is 3.21. The molecule has 0 saturated heterocycles. The zero-order valence-electron chi connectivity index (χ0n) is 12.3. The molecule has 0 bridgehead atoms. The molecular formula is C16H11N5O2S. The van der Waals surface area contributed by atoms with Crippen LogP contribution < -0.4 is 11.2 Å². The minimum atomic E-state index is -0.490. The maximum atomic E-state index is 12.7. The van der Waals surface area contributed by atoms with Crippen molar-refractivity contribution in [2.24, 2.45) is 0 Å². The number of aromatic amines is 1. The number of rotatable bonds is 3. The number of hydrogen-bond donors (Lipinski definition) is 1. The van der Waals surface area contributed by atoms with Gasteiger partial charge in [0.1, 0.15) is 10.4 Å². The Bertz CT molecular complexity index is 1120. The van der Waals surface area contributed by atoms with E-state index in [-0.39, 0.29) is 12.1 Å². The molecule has 4 aromatic heterocycles. The normalized spacial score (nSPS) is 11.0. The zero-order chi connectivity index (χ0) is 16.5. The molecule has 0 aliphatic rings. The lowest BCUT2D eigenvalue weighted by Crippen LogP contribution is -2.35. The minimum Gasteiger partial charge on any atom is -0.304 e. The number of hydrogen-bond acceptors (Lipinski definition) is 6. The Morgan fingerprint density at radius 1 is 1.04 bits per heavy atom. The fraction of sp³-hybridized carbons (Fsp3) is 0.0625. The van der Waals surface area contributed by atoms with Gasteiger partial charge in [-0.2, -0.15) is 4.37 Å². The molecule has 0 amide bonds. The lowest BCUT2D eigenvalue weighted by atomic mass is 10.2. The van der Waals surface area contributed by atoms with E-state index < -0.39 is 5.69 Å². The van der Waals surface area contributed by atoms with Crippen LogP contribution in [0.2, 0.25) is 0 Å². The lowest BCUT2D eigenvalue weighted by molar-refractivity contribution is 0.698. The van der Waals surface area contributed by atoms with Crippen molar-refractivity contribution in [2.75, 3.05) is 0 Å². The van der Waals surface area contributed by atoms with Gasteiger partial charge in [0.25, 0.3) is 5.56 Å². The molecule has 24 heavy (non-hydrogen) atoms. The summed E-state index contributed by atoms with van der Waals surface area (Å²) in [6.07, 6.45) is 3.26. The highest BCUT2D eigenvalue weighted by atomic mass is 32.1. The fourth-order valence-electron chi connectivity index (χ4n) is 2.42. The van der Waals surface area contributed by atoms with Crippen LogP contribution in [0.3, 0.4) is 0 Å². The molecule has 0 aliphatic carbocycles.